The van der Waals surface area contributed by atoms with Crippen LogP contribution in [-0.4, -0.2) is 28.2 Å². The SMILES string of the molecule is COc1ccc(NCc2ncncc2C(=O)O)cc1C. The molecule has 0 saturated heterocycles. The van der Waals surface area contributed by atoms with Crippen LogP contribution >= 0.6 is 0 Å². The molecule has 0 fully saturated rings. The molecule has 6 nitrogen and oxygen atoms in total. The molecule has 0 aliphatic heterocycles. The number of methoxy groups -OCH3 is 1. The number of carbonyl (C=O) groups is 1. The topological polar surface area (TPSA) is 84.3 Å². The number of aromatic nitrogens is 2. The number of hydrogen-bond donors (Lipinski definition) is 2. The third-order valence-electron chi connectivity index (χ3n) is 2.88. The molecule has 0 aliphatic rings. The minimum absolute atomic E-state index is 0.102. The van der Waals surface area contributed by atoms with E-state index in [-0.39, 0.29) is 5.56 Å². The second-order valence-corrected chi connectivity index (χ2v) is 4.23. The third-order valence-corrected chi connectivity index (χ3v) is 2.88. The molecule has 0 amide bonds. The van der Waals surface area contributed by atoms with Crippen LogP contribution in [0, 0.1) is 6.92 Å². The Labute approximate surface area is 116 Å². The van der Waals surface area contributed by atoms with Crippen molar-refractivity contribution < 1.29 is 14.6 Å². The second-order valence-electron chi connectivity index (χ2n) is 4.23. The number of carboxylic acid groups (broad SMARTS) is 1. The average molecular weight is 273 g/mol. The first kappa shape index (κ1) is 13.8. The summed E-state index contributed by atoms with van der Waals surface area (Å²) in [6.45, 7) is 2.26. The van der Waals surface area contributed by atoms with Crippen LogP contribution in [0.4, 0.5) is 5.69 Å². The molecule has 0 bridgehead atoms. The Morgan fingerprint density at radius 3 is 2.90 bits per heavy atom. The second kappa shape index (κ2) is 6.01. The van der Waals surface area contributed by atoms with Crippen molar-refractivity contribution in [2.45, 2.75) is 13.5 Å². The number of hydrogen-bond acceptors (Lipinski definition) is 5. The van der Waals surface area contributed by atoms with Crippen molar-refractivity contribution in [1.29, 1.82) is 0 Å². The van der Waals surface area contributed by atoms with Crippen molar-refractivity contribution in [2.24, 2.45) is 0 Å². The summed E-state index contributed by atoms with van der Waals surface area (Å²) in [5, 5.41) is 12.2. The van der Waals surface area contributed by atoms with Gasteiger partial charge in [-0.2, -0.15) is 0 Å². The molecule has 0 radical (unpaired) electrons. The van der Waals surface area contributed by atoms with Gasteiger partial charge in [0.25, 0.3) is 0 Å². The molecule has 0 aliphatic carbocycles. The quantitative estimate of drug-likeness (QED) is 0.868. The third kappa shape index (κ3) is 3.03. The number of carboxylic acids is 1. The minimum Gasteiger partial charge on any atom is -0.496 e. The van der Waals surface area contributed by atoms with E-state index in [4.69, 9.17) is 9.84 Å². The maximum atomic E-state index is 11.0. The molecule has 104 valence electrons. The zero-order valence-corrected chi connectivity index (χ0v) is 11.3. The molecule has 1 aromatic carbocycles. The van der Waals surface area contributed by atoms with E-state index in [1.165, 1.54) is 12.5 Å². The maximum Gasteiger partial charge on any atom is 0.339 e. The van der Waals surface area contributed by atoms with Gasteiger partial charge in [0.15, 0.2) is 0 Å². The van der Waals surface area contributed by atoms with Gasteiger partial charge < -0.3 is 15.2 Å². The van der Waals surface area contributed by atoms with Gasteiger partial charge in [-0.1, -0.05) is 0 Å². The average Bonchev–Trinajstić information content (AvgIpc) is 2.45. The summed E-state index contributed by atoms with van der Waals surface area (Å²) in [7, 11) is 1.62. The van der Waals surface area contributed by atoms with Crippen LogP contribution < -0.4 is 10.1 Å². The molecule has 2 aromatic rings. The zero-order chi connectivity index (χ0) is 14.5. The number of aryl methyl sites for hydroxylation is 1. The standard InChI is InChI=1S/C14H15N3O3/c1-9-5-10(3-4-13(9)20-2)16-7-12-11(14(18)19)6-15-8-17-12/h3-6,8,16H,7H2,1-2H3,(H,18,19). The van der Waals surface area contributed by atoms with E-state index in [1.54, 1.807) is 7.11 Å². The minimum atomic E-state index is -1.03. The summed E-state index contributed by atoms with van der Waals surface area (Å²) < 4.78 is 5.19. The molecule has 2 N–H and O–H groups in total. The fourth-order valence-corrected chi connectivity index (χ4v) is 1.85. The Hall–Kier alpha value is -2.63. The van der Waals surface area contributed by atoms with Crippen LogP contribution in [0.5, 0.6) is 5.75 Å². The van der Waals surface area contributed by atoms with Crippen molar-refractivity contribution in [3.63, 3.8) is 0 Å². The molecular weight excluding hydrogens is 258 g/mol. The summed E-state index contributed by atoms with van der Waals surface area (Å²) in [6, 6.07) is 5.66. The van der Waals surface area contributed by atoms with Gasteiger partial charge in [0.05, 0.1) is 19.3 Å². The lowest BCUT2D eigenvalue weighted by molar-refractivity contribution is 0.0694. The lowest BCUT2D eigenvalue weighted by Gasteiger charge is -2.10. The van der Waals surface area contributed by atoms with Gasteiger partial charge in [0.1, 0.15) is 17.6 Å². The molecule has 6 heteroatoms. The van der Waals surface area contributed by atoms with E-state index in [0.717, 1.165) is 17.0 Å². The molecule has 2 rings (SSSR count). The lowest BCUT2D eigenvalue weighted by atomic mass is 10.2. The summed E-state index contributed by atoms with van der Waals surface area (Å²) in [4.78, 5) is 18.8. The number of nitrogens with one attached hydrogen (secondary N) is 1. The van der Waals surface area contributed by atoms with Gasteiger partial charge in [0, 0.05) is 11.9 Å². The fourth-order valence-electron chi connectivity index (χ4n) is 1.85. The van der Waals surface area contributed by atoms with Crippen molar-refractivity contribution in [2.75, 3.05) is 12.4 Å². The van der Waals surface area contributed by atoms with E-state index in [1.807, 2.05) is 25.1 Å². The highest BCUT2D eigenvalue weighted by Gasteiger charge is 2.11. The van der Waals surface area contributed by atoms with Crippen LogP contribution in [0.1, 0.15) is 21.6 Å². The number of nitrogens with zero attached hydrogens (tertiary/aromatic N) is 2. The van der Waals surface area contributed by atoms with Crippen molar-refractivity contribution >= 4 is 11.7 Å². The first-order valence-corrected chi connectivity index (χ1v) is 6.02. The number of anilines is 1. The Morgan fingerprint density at radius 2 is 2.25 bits per heavy atom. The smallest absolute Gasteiger partial charge is 0.339 e. The van der Waals surface area contributed by atoms with Gasteiger partial charge in [-0.3, -0.25) is 0 Å². The molecule has 20 heavy (non-hydrogen) atoms. The predicted octanol–water partition coefficient (Wildman–Crippen LogP) is 2.10. The van der Waals surface area contributed by atoms with Gasteiger partial charge in [-0.15, -0.1) is 0 Å². The highest BCUT2D eigenvalue weighted by Crippen LogP contribution is 2.21. The number of aromatic carboxylic acids is 1. The number of rotatable bonds is 5. The molecule has 0 saturated carbocycles. The Bertz CT molecular complexity index is 629. The van der Waals surface area contributed by atoms with Crippen molar-refractivity contribution in [3.8, 4) is 5.75 Å². The van der Waals surface area contributed by atoms with Gasteiger partial charge >= 0.3 is 5.97 Å². The largest absolute Gasteiger partial charge is 0.496 e. The van der Waals surface area contributed by atoms with Crippen molar-refractivity contribution in [1.82, 2.24) is 9.97 Å². The van der Waals surface area contributed by atoms with E-state index in [9.17, 15) is 4.79 Å². The van der Waals surface area contributed by atoms with Gasteiger partial charge in [-0.25, -0.2) is 14.8 Å². The molecule has 0 atom stereocenters. The Kier molecular flexibility index (Phi) is 4.14. The Morgan fingerprint density at radius 1 is 1.45 bits per heavy atom. The van der Waals surface area contributed by atoms with E-state index in [2.05, 4.69) is 15.3 Å². The lowest BCUT2D eigenvalue weighted by Crippen LogP contribution is -2.10. The van der Waals surface area contributed by atoms with Crippen molar-refractivity contribution in [3.05, 3.63) is 47.5 Å². The first-order chi connectivity index (χ1) is 9.61. The molecule has 1 aromatic heterocycles. The fraction of sp³-hybridized carbons (Fsp3) is 0.214. The molecule has 0 unspecified atom stereocenters. The van der Waals surface area contributed by atoms with E-state index < -0.39 is 5.97 Å². The highest BCUT2D eigenvalue weighted by molar-refractivity contribution is 5.88. The van der Waals surface area contributed by atoms with Gasteiger partial charge in [-0.05, 0) is 30.7 Å². The highest BCUT2D eigenvalue weighted by atomic mass is 16.5. The summed E-state index contributed by atoms with van der Waals surface area (Å²) in [6.07, 6.45) is 2.63. The molecule has 1 heterocycles. The molecule has 0 spiro atoms. The summed E-state index contributed by atoms with van der Waals surface area (Å²) in [5.41, 5.74) is 2.42. The normalized spacial score (nSPS) is 10.1. The predicted molar refractivity (Wildman–Crippen MR) is 74.0 cm³/mol. The van der Waals surface area contributed by atoms with E-state index in [0.29, 0.717) is 12.2 Å². The van der Waals surface area contributed by atoms with Crippen LogP contribution in [0.25, 0.3) is 0 Å². The Balaban J connectivity index is 2.13. The van der Waals surface area contributed by atoms with Crippen LogP contribution in [0.15, 0.2) is 30.7 Å². The summed E-state index contributed by atoms with van der Waals surface area (Å²) >= 11 is 0. The first-order valence-electron chi connectivity index (χ1n) is 6.02. The van der Waals surface area contributed by atoms with Crippen LogP contribution in [0.2, 0.25) is 0 Å². The number of benzene rings is 1. The monoisotopic (exact) mass is 273 g/mol. The molecular formula is C14H15N3O3. The van der Waals surface area contributed by atoms with Gasteiger partial charge in [0.2, 0.25) is 0 Å². The van der Waals surface area contributed by atoms with E-state index >= 15 is 0 Å². The summed E-state index contributed by atoms with van der Waals surface area (Å²) in [5.74, 6) is -0.225. The number of ether oxygens (including phenoxy) is 1. The van der Waals surface area contributed by atoms with Crippen LogP contribution in [0.3, 0.4) is 0 Å². The zero-order valence-electron chi connectivity index (χ0n) is 11.3. The van der Waals surface area contributed by atoms with Crippen LogP contribution in [-0.2, 0) is 6.54 Å². The maximum absolute atomic E-state index is 11.0.